The van der Waals surface area contributed by atoms with Crippen LogP contribution in [0.2, 0.25) is 0 Å². The highest BCUT2D eigenvalue weighted by Crippen LogP contribution is 2.15. The Bertz CT molecular complexity index is 329. The molecule has 0 aliphatic carbocycles. The molecule has 0 saturated carbocycles. The molecule has 6 heteroatoms. The largest absolute Gasteiger partial charge is 0.341 e. The van der Waals surface area contributed by atoms with Crippen LogP contribution in [-0.2, 0) is 14.6 Å². The first kappa shape index (κ1) is 12.4. The van der Waals surface area contributed by atoms with Crippen molar-refractivity contribution in [3.8, 4) is 0 Å². The third-order valence-electron chi connectivity index (χ3n) is 2.71. The van der Waals surface area contributed by atoms with E-state index in [2.05, 4.69) is 0 Å². The van der Waals surface area contributed by atoms with Crippen molar-refractivity contribution in [3.63, 3.8) is 0 Å². The predicted octanol–water partition coefficient (Wildman–Crippen LogP) is -0.773. The van der Waals surface area contributed by atoms with Gasteiger partial charge in [0.2, 0.25) is 5.91 Å². The summed E-state index contributed by atoms with van der Waals surface area (Å²) in [5.74, 6) is 0.110. The van der Waals surface area contributed by atoms with E-state index >= 15 is 0 Å². The molecule has 5 nitrogen and oxygen atoms in total. The molecule has 2 atom stereocenters. The van der Waals surface area contributed by atoms with Crippen LogP contribution in [0.1, 0.15) is 13.3 Å². The number of hydrogen-bond donors (Lipinski definition) is 1. The molecule has 0 spiro atoms. The van der Waals surface area contributed by atoms with E-state index in [0.717, 1.165) is 6.26 Å². The summed E-state index contributed by atoms with van der Waals surface area (Å²) in [6.07, 6.45) is 1.21. The van der Waals surface area contributed by atoms with Gasteiger partial charge in [0.15, 0.2) is 0 Å². The summed E-state index contributed by atoms with van der Waals surface area (Å²) in [5, 5.41) is 0. The summed E-state index contributed by atoms with van der Waals surface area (Å²) in [6, 6.07) is 0.0205. The highest BCUT2D eigenvalue weighted by Gasteiger charge is 2.29. The Morgan fingerprint density at radius 1 is 1.47 bits per heavy atom. The molecule has 0 bridgehead atoms. The quantitative estimate of drug-likeness (QED) is 0.695. The zero-order valence-corrected chi connectivity index (χ0v) is 9.96. The van der Waals surface area contributed by atoms with Gasteiger partial charge in [-0.15, -0.1) is 0 Å². The second-order valence-electron chi connectivity index (χ2n) is 4.32. The Hall–Kier alpha value is -0.620. The van der Waals surface area contributed by atoms with Gasteiger partial charge in [-0.05, 0) is 5.92 Å². The van der Waals surface area contributed by atoms with Crippen LogP contribution >= 0.6 is 0 Å². The van der Waals surface area contributed by atoms with Crippen molar-refractivity contribution in [2.24, 2.45) is 11.7 Å². The van der Waals surface area contributed by atoms with Gasteiger partial charge in [0.05, 0.1) is 5.75 Å². The van der Waals surface area contributed by atoms with Gasteiger partial charge in [-0.2, -0.15) is 0 Å². The minimum absolute atomic E-state index is 0.0205. The summed E-state index contributed by atoms with van der Waals surface area (Å²) >= 11 is 0. The molecule has 1 amide bonds. The molecule has 0 aromatic rings. The maximum absolute atomic E-state index is 11.6. The molecule has 1 rings (SSSR count). The summed E-state index contributed by atoms with van der Waals surface area (Å²) in [5.41, 5.74) is 5.78. The first-order valence-corrected chi connectivity index (χ1v) is 7.07. The molecule has 2 N–H and O–H groups in total. The normalized spacial score (nSPS) is 27.0. The molecule has 1 aliphatic rings. The summed E-state index contributed by atoms with van der Waals surface area (Å²) in [4.78, 5) is 13.2. The van der Waals surface area contributed by atoms with E-state index in [1.807, 2.05) is 6.92 Å². The van der Waals surface area contributed by atoms with Crippen LogP contribution in [0.25, 0.3) is 0 Å². The number of likely N-dealkylation sites (tertiary alicyclic amines) is 1. The van der Waals surface area contributed by atoms with E-state index in [-0.39, 0.29) is 24.1 Å². The van der Waals surface area contributed by atoms with E-state index in [4.69, 9.17) is 5.73 Å². The average Bonchev–Trinajstić information content (AvgIpc) is 2.42. The monoisotopic (exact) mass is 234 g/mol. The van der Waals surface area contributed by atoms with Crippen molar-refractivity contribution in [1.29, 1.82) is 0 Å². The Balaban J connectivity index is 2.43. The maximum Gasteiger partial charge on any atom is 0.223 e. The molecule has 88 valence electrons. The number of nitrogens with zero attached hydrogens (tertiary/aromatic N) is 1. The number of rotatable bonds is 3. The van der Waals surface area contributed by atoms with Crippen molar-refractivity contribution in [2.45, 2.75) is 19.4 Å². The van der Waals surface area contributed by atoms with Crippen LogP contribution in [-0.4, -0.2) is 50.4 Å². The number of carbonyl (C=O) groups excluding carboxylic acids is 1. The van der Waals surface area contributed by atoms with E-state index in [9.17, 15) is 13.2 Å². The van der Waals surface area contributed by atoms with Crippen LogP contribution in [0, 0.1) is 5.92 Å². The van der Waals surface area contributed by atoms with Gasteiger partial charge >= 0.3 is 0 Å². The SMILES string of the molecule is CC1CN(C(=O)CCS(C)(=O)=O)CC1N. The lowest BCUT2D eigenvalue weighted by Gasteiger charge is -2.15. The molecule has 0 aromatic heterocycles. The van der Waals surface area contributed by atoms with Gasteiger partial charge < -0.3 is 10.6 Å². The van der Waals surface area contributed by atoms with Crippen LogP contribution in [0.5, 0.6) is 0 Å². The third-order valence-corrected chi connectivity index (χ3v) is 3.66. The topological polar surface area (TPSA) is 80.5 Å². The molecular formula is C9H18N2O3S. The fourth-order valence-electron chi connectivity index (χ4n) is 1.63. The van der Waals surface area contributed by atoms with Gasteiger partial charge in [-0.1, -0.05) is 6.92 Å². The molecule has 0 aromatic carbocycles. The van der Waals surface area contributed by atoms with Crippen molar-refractivity contribution >= 4 is 15.7 Å². The molecular weight excluding hydrogens is 216 g/mol. The predicted molar refractivity (Wildman–Crippen MR) is 58.0 cm³/mol. The van der Waals surface area contributed by atoms with Gasteiger partial charge in [0.25, 0.3) is 0 Å². The zero-order chi connectivity index (χ0) is 11.6. The Morgan fingerprint density at radius 3 is 2.47 bits per heavy atom. The first-order chi connectivity index (χ1) is 6.79. The van der Waals surface area contributed by atoms with Gasteiger partial charge in [-0.3, -0.25) is 4.79 Å². The second kappa shape index (κ2) is 4.49. The number of carbonyl (C=O) groups is 1. The first-order valence-electron chi connectivity index (χ1n) is 5.00. The number of hydrogen-bond acceptors (Lipinski definition) is 4. The lowest BCUT2D eigenvalue weighted by molar-refractivity contribution is -0.129. The van der Waals surface area contributed by atoms with Crippen LogP contribution < -0.4 is 5.73 Å². The fourth-order valence-corrected chi connectivity index (χ4v) is 2.17. The van der Waals surface area contributed by atoms with E-state index in [1.54, 1.807) is 4.90 Å². The average molecular weight is 234 g/mol. The summed E-state index contributed by atoms with van der Waals surface area (Å²) in [6.45, 7) is 3.18. The van der Waals surface area contributed by atoms with Crippen molar-refractivity contribution in [1.82, 2.24) is 4.90 Å². The molecule has 1 saturated heterocycles. The van der Waals surface area contributed by atoms with Gasteiger partial charge in [0, 0.05) is 31.8 Å². The second-order valence-corrected chi connectivity index (χ2v) is 6.58. The zero-order valence-electron chi connectivity index (χ0n) is 9.14. The van der Waals surface area contributed by atoms with Crippen LogP contribution in [0.3, 0.4) is 0 Å². The smallest absolute Gasteiger partial charge is 0.223 e. The minimum atomic E-state index is -3.05. The molecule has 15 heavy (non-hydrogen) atoms. The summed E-state index contributed by atoms with van der Waals surface area (Å²) < 4.78 is 21.8. The highest BCUT2D eigenvalue weighted by molar-refractivity contribution is 7.90. The van der Waals surface area contributed by atoms with Crippen molar-refractivity contribution < 1.29 is 13.2 Å². The lowest BCUT2D eigenvalue weighted by Crippen LogP contribution is -2.33. The Morgan fingerprint density at radius 2 is 2.07 bits per heavy atom. The van der Waals surface area contributed by atoms with Crippen LogP contribution in [0.4, 0.5) is 0 Å². The highest BCUT2D eigenvalue weighted by atomic mass is 32.2. The lowest BCUT2D eigenvalue weighted by atomic mass is 10.1. The minimum Gasteiger partial charge on any atom is -0.341 e. The number of sulfone groups is 1. The molecule has 0 radical (unpaired) electrons. The van der Waals surface area contributed by atoms with E-state index in [0.29, 0.717) is 19.0 Å². The maximum atomic E-state index is 11.6. The molecule has 1 fully saturated rings. The van der Waals surface area contributed by atoms with E-state index < -0.39 is 9.84 Å². The van der Waals surface area contributed by atoms with Gasteiger partial charge in [-0.25, -0.2) is 8.42 Å². The van der Waals surface area contributed by atoms with E-state index in [1.165, 1.54) is 0 Å². The molecule has 1 aliphatic heterocycles. The third kappa shape index (κ3) is 3.79. The van der Waals surface area contributed by atoms with Crippen LogP contribution in [0.15, 0.2) is 0 Å². The van der Waals surface area contributed by atoms with Crippen molar-refractivity contribution in [3.05, 3.63) is 0 Å². The number of amides is 1. The molecule has 2 unspecified atom stereocenters. The summed E-state index contributed by atoms with van der Waals surface area (Å²) in [7, 11) is -3.05. The standard InChI is InChI=1S/C9H18N2O3S/c1-7-5-11(6-8(7)10)9(12)3-4-15(2,13)14/h7-8H,3-6,10H2,1-2H3. The Labute approximate surface area is 90.5 Å². The fraction of sp³-hybridized carbons (Fsp3) is 0.889. The molecule has 1 heterocycles. The Kier molecular flexibility index (Phi) is 3.72. The number of nitrogens with two attached hydrogens (primary N) is 1. The van der Waals surface area contributed by atoms with Gasteiger partial charge in [0.1, 0.15) is 9.84 Å². The van der Waals surface area contributed by atoms with Crippen molar-refractivity contribution in [2.75, 3.05) is 25.1 Å².